The van der Waals surface area contributed by atoms with E-state index in [1.165, 1.54) is 0 Å². The number of amides is 1. The van der Waals surface area contributed by atoms with E-state index in [4.69, 9.17) is 4.74 Å². The van der Waals surface area contributed by atoms with Crippen LogP contribution in [0.3, 0.4) is 0 Å². The summed E-state index contributed by atoms with van der Waals surface area (Å²) in [5.74, 6) is 0.0993. The first-order valence-electron chi connectivity index (χ1n) is 6.82. The van der Waals surface area contributed by atoms with Gasteiger partial charge in [0.15, 0.2) is 0 Å². The van der Waals surface area contributed by atoms with Gasteiger partial charge in [-0.25, -0.2) is 0 Å². The Hall–Kier alpha value is -0.610. The topological polar surface area (TPSA) is 50.4 Å². The number of nitrogens with one attached hydrogen (secondary N) is 2. The molecule has 0 aromatic carbocycles. The van der Waals surface area contributed by atoms with E-state index in [9.17, 15) is 4.79 Å². The molecule has 0 bridgehead atoms. The number of hydrogen-bond acceptors (Lipinski definition) is 3. The maximum atomic E-state index is 12.0. The average Bonchev–Trinajstić information content (AvgIpc) is 2.77. The standard InChI is InChI=1S/C13H24N2O2/c1-9-3-8-12(17-9)13(16)15-11-6-4-10(14-2)5-7-11/h9-12,14H,3-8H2,1-2H3,(H,15,16). The summed E-state index contributed by atoms with van der Waals surface area (Å²) in [6.07, 6.45) is 6.40. The largest absolute Gasteiger partial charge is 0.365 e. The quantitative estimate of drug-likeness (QED) is 0.779. The lowest BCUT2D eigenvalue weighted by atomic mass is 9.91. The van der Waals surface area contributed by atoms with Gasteiger partial charge in [0.2, 0.25) is 5.91 Å². The SMILES string of the molecule is CNC1CCC(NC(=O)C2CCC(C)O2)CC1. The van der Waals surface area contributed by atoms with Crippen LogP contribution in [0.4, 0.5) is 0 Å². The number of hydrogen-bond donors (Lipinski definition) is 2. The van der Waals surface area contributed by atoms with Crippen molar-refractivity contribution in [2.75, 3.05) is 7.05 Å². The summed E-state index contributed by atoms with van der Waals surface area (Å²) in [5.41, 5.74) is 0. The van der Waals surface area contributed by atoms with Crippen LogP contribution in [0.1, 0.15) is 45.4 Å². The van der Waals surface area contributed by atoms with Crippen molar-refractivity contribution in [3.8, 4) is 0 Å². The highest BCUT2D eigenvalue weighted by atomic mass is 16.5. The zero-order chi connectivity index (χ0) is 12.3. The molecule has 2 aliphatic rings. The van der Waals surface area contributed by atoms with E-state index in [2.05, 4.69) is 10.6 Å². The Kier molecular flexibility index (Phi) is 4.40. The van der Waals surface area contributed by atoms with Gasteiger partial charge in [0.05, 0.1) is 6.10 Å². The lowest BCUT2D eigenvalue weighted by Crippen LogP contribution is -2.45. The van der Waals surface area contributed by atoms with E-state index in [-0.39, 0.29) is 18.1 Å². The molecule has 1 aliphatic carbocycles. The molecule has 1 saturated heterocycles. The molecule has 2 unspecified atom stereocenters. The fourth-order valence-corrected chi connectivity index (χ4v) is 2.82. The van der Waals surface area contributed by atoms with Crippen LogP contribution in [0, 0.1) is 0 Å². The first kappa shape index (κ1) is 12.8. The Morgan fingerprint density at radius 1 is 1.06 bits per heavy atom. The van der Waals surface area contributed by atoms with Crippen LogP contribution >= 0.6 is 0 Å². The van der Waals surface area contributed by atoms with Crippen LogP contribution in [0.5, 0.6) is 0 Å². The predicted octanol–water partition coefficient (Wildman–Crippen LogP) is 1.20. The maximum absolute atomic E-state index is 12.0. The number of carbonyl (C=O) groups excluding carboxylic acids is 1. The zero-order valence-corrected chi connectivity index (χ0v) is 10.9. The lowest BCUT2D eigenvalue weighted by Gasteiger charge is -2.29. The molecule has 4 heteroatoms. The first-order chi connectivity index (χ1) is 8.19. The van der Waals surface area contributed by atoms with Crippen molar-refractivity contribution in [3.05, 3.63) is 0 Å². The summed E-state index contributed by atoms with van der Waals surface area (Å²) in [6.45, 7) is 2.03. The smallest absolute Gasteiger partial charge is 0.249 e. The van der Waals surface area contributed by atoms with Gasteiger partial charge in [-0.15, -0.1) is 0 Å². The minimum atomic E-state index is -0.202. The highest BCUT2D eigenvalue weighted by Gasteiger charge is 2.30. The van der Waals surface area contributed by atoms with Crippen molar-refractivity contribution in [3.63, 3.8) is 0 Å². The van der Waals surface area contributed by atoms with E-state index in [0.717, 1.165) is 38.5 Å². The van der Waals surface area contributed by atoms with E-state index >= 15 is 0 Å². The van der Waals surface area contributed by atoms with E-state index in [1.54, 1.807) is 0 Å². The van der Waals surface area contributed by atoms with Gasteiger partial charge in [-0.3, -0.25) is 4.79 Å². The van der Waals surface area contributed by atoms with Gasteiger partial charge in [0, 0.05) is 12.1 Å². The minimum Gasteiger partial charge on any atom is -0.365 e. The summed E-state index contributed by atoms with van der Waals surface area (Å²) in [4.78, 5) is 12.0. The van der Waals surface area contributed by atoms with Gasteiger partial charge >= 0.3 is 0 Å². The Morgan fingerprint density at radius 2 is 1.71 bits per heavy atom. The third-order valence-electron chi connectivity index (χ3n) is 4.01. The molecule has 2 N–H and O–H groups in total. The lowest BCUT2D eigenvalue weighted by molar-refractivity contribution is -0.132. The van der Waals surface area contributed by atoms with E-state index < -0.39 is 0 Å². The minimum absolute atomic E-state index is 0.0993. The highest BCUT2D eigenvalue weighted by molar-refractivity contribution is 5.81. The molecule has 1 amide bonds. The number of carbonyl (C=O) groups is 1. The van der Waals surface area contributed by atoms with Gasteiger partial charge in [-0.2, -0.15) is 0 Å². The van der Waals surface area contributed by atoms with Crippen LogP contribution < -0.4 is 10.6 Å². The van der Waals surface area contributed by atoms with E-state index in [1.807, 2.05) is 14.0 Å². The summed E-state index contributed by atoms with van der Waals surface area (Å²) >= 11 is 0. The fraction of sp³-hybridized carbons (Fsp3) is 0.923. The van der Waals surface area contributed by atoms with Crippen LogP contribution in [-0.2, 0) is 9.53 Å². The molecule has 0 aromatic rings. The number of rotatable bonds is 3. The van der Waals surface area contributed by atoms with Gasteiger partial charge in [-0.05, 0) is 52.5 Å². The van der Waals surface area contributed by atoms with Crippen molar-refractivity contribution in [2.24, 2.45) is 0 Å². The van der Waals surface area contributed by atoms with Gasteiger partial charge in [0.1, 0.15) is 6.10 Å². The third-order valence-corrected chi connectivity index (χ3v) is 4.01. The van der Waals surface area contributed by atoms with E-state index in [0.29, 0.717) is 12.1 Å². The molecule has 1 heterocycles. The second-order valence-electron chi connectivity index (χ2n) is 5.36. The predicted molar refractivity (Wildman–Crippen MR) is 66.8 cm³/mol. The van der Waals surface area contributed by atoms with Crippen LogP contribution in [0.2, 0.25) is 0 Å². The molecule has 17 heavy (non-hydrogen) atoms. The first-order valence-corrected chi connectivity index (χ1v) is 6.82. The molecular formula is C13H24N2O2. The normalized spacial score (nSPS) is 38.0. The van der Waals surface area contributed by atoms with Crippen molar-refractivity contribution in [1.82, 2.24) is 10.6 Å². The van der Waals surface area contributed by atoms with Crippen molar-refractivity contribution >= 4 is 5.91 Å². The van der Waals surface area contributed by atoms with Crippen LogP contribution in [0.25, 0.3) is 0 Å². The average molecular weight is 240 g/mol. The molecule has 98 valence electrons. The Balaban J connectivity index is 1.72. The van der Waals surface area contributed by atoms with Crippen molar-refractivity contribution in [2.45, 2.75) is 69.7 Å². The van der Waals surface area contributed by atoms with Gasteiger partial charge in [0.25, 0.3) is 0 Å². The third kappa shape index (κ3) is 3.42. The van der Waals surface area contributed by atoms with Crippen LogP contribution in [-0.4, -0.2) is 37.2 Å². The molecule has 4 nitrogen and oxygen atoms in total. The summed E-state index contributed by atoms with van der Waals surface area (Å²) in [6, 6.07) is 0.984. The zero-order valence-electron chi connectivity index (χ0n) is 10.9. The van der Waals surface area contributed by atoms with Crippen molar-refractivity contribution < 1.29 is 9.53 Å². The second-order valence-corrected chi connectivity index (χ2v) is 5.36. The molecule has 2 fully saturated rings. The molecular weight excluding hydrogens is 216 g/mol. The number of ether oxygens (including phenoxy) is 1. The fourth-order valence-electron chi connectivity index (χ4n) is 2.82. The Morgan fingerprint density at radius 3 is 2.24 bits per heavy atom. The van der Waals surface area contributed by atoms with Crippen LogP contribution in [0.15, 0.2) is 0 Å². The monoisotopic (exact) mass is 240 g/mol. The Labute approximate surface area is 103 Å². The molecule has 0 radical (unpaired) electrons. The summed E-state index contributed by atoms with van der Waals surface area (Å²) < 4.78 is 5.58. The molecule has 1 saturated carbocycles. The molecule has 2 atom stereocenters. The summed E-state index contributed by atoms with van der Waals surface area (Å²) in [7, 11) is 2.01. The van der Waals surface area contributed by atoms with Crippen molar-refractivity contribution in [1.29, 1.82) is 0 Å². The molecule has 0 spiro atoms. The second kappa shape index (κ2) is 5.83. The van der Waals surface area contributed by atoms with Gasteiger partial charge in [-0.1, -0.05) is 0 Å². The van der Waals surface area contributed by atoms with Gasteiger partial charge < -0.3 is 15.4 Å². The highest BCUT2D eigenvalue weighted by Crippen LogP contribution is 2.21. The summed E-state index contributed by atoms with van der Waals surface area (Å²) in [5, 5.41) is 6.44. The molecule has 0 aromatic heterocycles. The maximum Gasteiger partial charge on any atom is 0.249 e. The molecule has 1 aliphatic heterocycles. The molecule has 2 rings (SSSR count). The Bertz CT molecular complexity index is 262.